The lowest BCUT2D eigenvalue weighted by molar-refractivity contribution is -0.117. The molecule has 138 valence electrons. The molecule has 1 saturated carbocycles. The van der Waals surface area contributed by atoms with Gasteiger partial charge in [0.1, 0.15) is 0 Å². The van der Waals surface area contributed by atoms with Crippen molar-refractivity contribution in [3.63, 3.8) is 0 Å². The fraction of sp³-hybridized carbons (Fsp3) is 0.611. The van der Waals surface area contributed by atoms with Gasteiger partial charge >= 0.3 is 0 Å². The summed E-state index contributed by atoms with van der Waals surface area (Å²) in [5.41, 5.74) is 1.54. The lowest BCUT2D eigenvalue weighted by Gasteiger charge is -2.47. The van der Waals surface area contributed by atoms with Gasteiger partial charge in [-0.2, -0.15) is 0 Å². The average Bonchev–Trinajstić information content (AvgIpc) is 2.87. The lowest BCUT2D eigenvalue weighted by atomic mass is 9.57. The number of hydrogen-bond donors (Lipinski definition) is 2. The Morgan fingerprint density at radius 1 is 1.32 bits per heavy atom. The molecular formula is C18H27N3O3S. The first-order valence-corrected chi connectivity index (χ1v) is 10.2. The Labute approximate surface area is 150 Å². The number of nitrogens with zero attached hydrogens (tertiary/aromatic N) is 1. The maximum Gasteiger partial charge on any atom is 0.240 e. The van der Waals surface area contributed by atoms with Crippen LogP contribution >= 0.6 is 0 Å². The van der Waals surface area contributed by atoms with Gasteiger partial charge < -0.3 is 5.32 Å². The van der Waals surface area contributed by atoms with E-state index in [0.717, 1.165) is 19.0 Å². The van der Waals surface area contributed by atoms with E-state index in [1.54, 1.807) is 19.1 Å². The SMILES string of the molecule is CNS(=O)(=O)c1cc(NC(=O)CN2C[C@@H]3CC(C)(C)[C@@H]3C2)ccc1C. The van der Waals surface area contributed by atoms with E-state index in [0.29, 0.717) is 29.1 Å². The third-order valence-corrected chi connectivity index (χ3v) is 7.26. The molecule has 1 amide bonds. The number of fused-ring (bicyclic) bond motifs is 1. The van der Waals surface area contributed by atoms with Crippen molar-refractivity contribution in [1.82, 2.24) is 9.62 Å². The van der Waals surface area contributed by atoms with Crippen LogP contribution in [0.5, 0.6) is 0 Å². The van der Waals surface area contributed by atoms with Crippen molar-refractivity contribution >= 4 is 21.6 Å². The van der Waals surface area contributed by atoms with Gasteiger partial charge in [0.05, 0.1) is 11.4 Å². The first kappa shape index (κ1) is 18.4. The van der Waals surface area contributed by atoms with Gasteiger partial charge in [-0.25, -0.2) is 13.1 Å². The number of likely N-dealkylation sites (tertiary alicyclic amines) is 1. The molecule has 1 saturated heterocycles. The highest BCUT2D eigenvalue weighted by Crippen LogP contribution is 2.54. The number of nitrogens with one attached hydrogen (secondary N) is 2. The van der Waals surface area contributed by atoms with Crippen LogP contribution in [0.1, 0.15) is 25.8 Å². The maximum atomic E-state index is 12.4. The summed E-state index contributed by atoms with van der Waals surface area (Å²) in [5, 5.41) is 2.83. The molecule has 1 heterocycles. The first-order valence-electron chi connectivity index (χ1n) is 8.69. The molecule has 1 aliphatic carbocycles. The highest BCUT2D eigenvalue weighted by molar-refractivity contribution is 7.89. The van der Waals surface area contributed by atoms with Crippen LogP contribution in [0.25, 0.3) is 0 Å². The number of hydrogen-bond acceptors (Lipinski definition) is 4. The van der Waals surface area contributed by atoms with Gasteiger partial charge in [-0.05, 0) is 55.3 Å². The van der Waals surface area contributed by atoms with Crippen LogP contribution in [-0.4, -0.2) is 45.9 Å². The molecule has 1 aliphatic heterocycles. The van der Waals surface area contributed by atoms with Crippen molar-refractivity contribution < 1.29 is 13.2 Å². The topological polar surface area (TPSA) is 78.5 Å². The Bertz CT molecular complexity index is 789. The monoisotopic (exact) mass is 365 g/mol. The van der Waals surface area contributed by atoms with Crippen molar-refractivity contribution in [1.29, 1.82) is 0 Å². The molecule has 2 fully saturated rings. The van der Waals surface area contributed by atoms with Gasteiger partial charge in [-0.3, -0.25) is 9.69 Å². The normalized spacial score (nSPS) is 25.3. The summed E-state index contributed by atoms with van der Waals surface area (Å²) in [7, 11) is -2.16. The minimum Gasteiger partial charge on any atom is -0.325 e. The minimum atomic E-state index is -3.54. The summed E-state index contributed by atoms with van der Waals surface area (Å²) in [4.78, 5) is 14.8. The van der Waals surface area contributed by atoms with Crippen LogP contribution in [0.15, 0.2) is 23.1 Å². The van der Waals surface area contributed by atoms with Gasteiger partial charge in [-0.15, -0.1) is 0 Å². The van der Waals surface area contributed by atoms with E-state index in [1.807, 2.05) is 0 Å². The number of anilines is 1. The zero-order valence-electron chi connectivity index (χ0n) is 15.3. The van der Waals surface area contributed by atoms with Crippen LogP contribution in [0, 0.1) is 24.2 Å². The fourth-order valence-corrected chi connectivity index (χ4v) is 5.32. The van der Waals surface area contributed by atoms with Gasteiger partial charge in [0, 0.05) is 18.8 Å². The number of amides is 1. The van der Waals surface area contributed by atoms with E-state index in [9.17, 15) is 13.2 Å². The van der Waals surface area contributed by atoms with Crippen LogP contribution in [0.4, 0.5) is 5.69 Å². The van der Waals surface area contributed by atoms with E-state index in [-0.39, 0.29) is 10.8 Å². The van der Waals surface area contributed by atoms with Crippen LogP contribution in [0.3, 0.4) is 0 Å². The number of aryl methyl sites for hydroxylation is 1. The molecule has 7 heteroatoms. The number of rotatable bonds is 5. The molecule has 2 atom stereocenters. The quantitative estimate of drug-likeness (QED) is 0.834. The summed E-state index contributed by atoms with van der Waals surface area (Å²) in [6, 6.07) is 4.95. The second-order valence-corrected chi connectivity index (χ2v) is 9.84. The highest BCUT2D eigenvalue weighted by Gasteiger charge is 2.51. The summed E-state index contributed by atoms with van der Waals surface area (Å²) in [6.07, 6.45) is 1.24. The zero-order valence-corrected chi connectivity index (χ0v) is 16.1. The number of carbonyl (C=O) groups excluding carboxylic acids is 1. The molecule has 1 aromatic carbocycles. The highest BCUT2D eigenvalue weighted by atomic mass is 32.2. The standard InChI is InChI=1S/C18H27N3O3S/c1-12-5-6-14(7-16(12)25(23,24)19-4)20-17(22)11-21-9-13-8-18(2,3)15(13)10-21/h5-7,13,15,19H,8-11H2,1-4H3,(H,20,22)/t13-,15+/m0/s1. The third kappa shape index (κ3) is 3.59. The van der Waals surface area contributed by atoms with Crippen molar-refractivity contribution in [2.75, 3.05) is 32.0 Å². The summed E-state index contributed by atoms with van der Waals surface area (Å²) >= 11 is 0. The van der Waals surface area contributed by atoms with Crippen molar-refractivity contribution in [3.05, 3.63) is 23.8 Å². The Balaban J connectivity index is 1.63. The molecule has 0 aromatic heterocycles. The Hall–Kier alpha value is -1.44. The van der Waals surface area contributed by atoms with Gasteiger partial charge in [0.15, 0.2) is 0 Å². The second kappa shape index (κ2) is 6.37. The van der Waals surface area contributed by atoms with Crippen LogP contribution < -0.4 is 10.0 Å². The molecule has 0 bridgehead atoms. The smallest absolute Gasteiger partial charge is 0.240 e. The Morgan fingerprint density at radius 3 is 2.64 bits per heavy atom. The van der Waals surface area contributed by atoms with Crippen LogP contribution in [-0.2, 0) is 14.8 Å². The van der Waals surface area contributed by atoms with Crippen molar-refractivity contribution in [3.8, 4) is 0 Å². The number of benzene rings is 1. The largest absolute Gasteiger partial charge is 0.325 e. The van der Waals surface area contributed by atoms with Crippen molar-refractivity contribution in [2.24, 2.45) is 17.3 Å². The number of sulfonamides is 1. The predicted octanol–water partition coefficient (Wildman–Crippen LogP) is 1.82. The first-order chi connectivity index (χ1) is 11.6. The molecule has 2 N–H and O–H groups in total. The molecule has 25 heavy (non-hydrogen) atoms. The van der Waals surface area contributed by atoms with Crippen molar-refractivity contribution in [2.45, 2.75) is 32.1 Å². The predicted molar refractivity (Wildman–Crippen MR) is 97.9 cm³/mol. The third-order valence-electron chi connectivity index (χ3n) is 5.71. The average molecular weight is 365 g/mol. The number of carbonyl (C=O) groups is 1. The Kier molecular flexibility index (Phi) is 4.68. The molecule has 0 radical (unpaired) electrons. The summed E-state index contributed by atoms with van der Waals surface area (Å²) in [6.45, 7) is 8.64. The van der Waals surface area contributed by atoms with E-state index >= 15 is 0 Å². The van der Waals surface area contributed by atoms with E-state index in [1.165, 1.54) is 19.5 Å². The molecular weight excluding hydrogens is 338 g/mol. The molecule has 2 aliphatic rings. The summed E-state index contributed by atoms with van der Waals surface area (Å²) in [5.74, 6) is 1.30. The van der Waals surface area contributed by atoms with Gasteiger partial charge in [-0.1, -0.05) is 19.9 Å². The van der Waals surface area contributed by atoms with Crippen LogP contribution in [0.2, 0.25) is 0 Å². The zero-order chi connectivity index (χ0) is 18.4. The molecule has 0 spiro atoms. The fourth-order valence-electron chi connectivity index (χ4n) is 4.33. The molecule has 1 aromatic rings. The van der Waals surface area contributed by atoms with Gasteiger partial charge in [0.25, 0.3) is 0 Å². The van der Waals surface area contributed by atoms with E-state index < -0.39 is 10.0 Å². The van der Waals surface area contributed by atoms with E-state index in [4.69, 9.17) is 0 Å². The lowest BCUT2D eigenvalue weighted by Crippen LogP contribution is -2.42. The van der Waals surface area contributed by atoms with E-state index in [2.05, 4.69) is 28.8 Å². The minimum absolute atomic E-state index is 0.101. The molecule has 0 unspecified atom stereocenters. The molecule has 3 rings (SSSR count). The second-order valence-electron chi connectivity index (χ2n) is 7.99. The Morgan fingerprint density at radius 2 is 2.04 bits per heavy atom. The molecule has 6 nitrogen and oxygen atoms in total. The maximum absolute atomic E-state index is 12.4. The summed E-state index contributed by atoms with van der Waals surface area (Å²) < 4.78 is 26.4. The van der Waals surface area contributed by atoms with Gasteiger partial charge in [0.2, 0.25) is 15.9 Å².